The molecule has 1 aromatic rings. The average Bonchev–Trinajstić information content (AvgIpc) is 3.14. The van der Waals surface area contributed by atoms with Gasteiger partial charge in [0.05, 0.1) is 0 Å². The number of aromatic nitrogens is 2. The summed E-state index contributed by atoms with van der Waals surface area (Å²) >= 11 is 0. The highest BCUT2D eigenvalue weighted by Gasteiger charge is 2.42. The number of amides is 1. The van der Waals surface area contributed by atoms with Crippen molar-refractivity contribution >= 4 is 15.7 Å². The standard InChI is InChI=1S/C15H23N3O4S/c1-9(13-6-11-3-4-12(13)5-11)16-14(19)7-23(20,21)8-15-17-10(2)18-22-15/h9,11-13H,3-8H2,1-2H3,(H,16,19)/t9-,11-,12-,13+/m0/s1. The molecule has 2 saturated carbocycles. The molecule has 0 saturated heterocycles. The molecule has 0 aliphatic heterocycles. The molecular weight excluding hydrogens is 318 g/mol. The van der Waals surface area contributed by atoms with Crippen molar-refractivity contribution in [3.63, 3.8) is 0 Å². The zero-order valence-electron chi connectivity index (χ0n) is 13.5. The Morgan fingerprint density at radius 3 is 2.74 bits per heavy atom. The maximum Gasteiger partial charge on any atom is 0.241 e. The molecule has 2 aliphatic rings. The van der Waals surface area contributed by atoms with E-state index in [0.29, 0.717) is 17.7 Å². The van der Waals surface area contributed by atoms with Crippen molar-refractivity contribution in [1.29, 1.82) is 0 Å². The minimum atomic E-state index is -3.61. The fourth-order valence-electron chi connectivity index (χ4n) is 4.15. The summed E-state index contributed by atoms with van der Waals surface area (Å²) in [4.78, 5) is 15.9. The van der Waals surface area contributed by atoms with E-state index >= 15 is 0 Å². The Morgan fingerprint density at radius 1 is 1.39 bits per heavy atom. The van der Waals surface area contributed by atoms with Crippen LogP contribution in [0.3, 0.4) is 0 Å². The number of carbonyl (C=O) groups is 1. The van der Waals surface area contributed by atoms with Crippen molar-refractivity contribution in [1.82, 2.24) is 15.5 Å². The summed E-state index contributed by atoms with van der Waals surface area (Å²) in [6, 6.07) is 0.0265. The number of rotatable bonds is 6. The fourth-order valence-corrected chi connectivity index (χ4v) is 5.22. The van der Waals surface area contributed by atoms with Crippen LogP contribution in [-0.2, 0) is 20.4 Å². The van der Waals surface area contributed by atoms with Gasteiger partial charge in [0.25, 0.3) is 0 Å². The van der Waals surface area contributed by atoms with Gasteiger partial charge in [-0.15, -0.1) is 0 Å². The third-order valence-electron chi connectivity index (χ3n) is 5.09. The zero-order valence-corrected chi connectivity index (χ0v) is 14.3. The van der Waals surface area contributed by atoms with E-state index in [1.807, 2.05) is 6.92 Å². The molecule has 128 valence electrons. The second kappa shape index (κ2) is 6.22. The van der Waals surface area contributed by atoms with Crippen molar-refractivity contribution in [3.05, 3.63) is 11.7 Å². The first-order valence-corrected chi connectivity index (χ1v) is 9.93. The second-order valence-corrected chi connectivity index (χ2v) is 9.03. The van der Waals surface area contributed by atoms with Crippen molar-refractivity contribution in [3.8, 4) is 0 Å². The molecule has 2 aliphatic carbocycles. The highest BCUT2D eigenvalue weighted by atomic mass is 32.2. The minimum absolute atomic E-state index is 0.0245. The summed E-state index contributed by atoms with van der Waals surface area (Å²) in [6.07, 6.45) is 4.96. The number of aryl methyl sites for hydroxylation is 1. The maximum atomic E-state index is 12.1. The van der Waals surface area contributed by atoms with E-state index in [1.54, 1.807) is 6.92 Å². The van der Waals surface area contributed by atoms with Crippen molar-refractivity contribution in [2.75, 3.05) is 5.75 Å². The average molecular weight is 341 g/mol. The summed E-state index contributed by atoms with van der Waals surface area (Å²) in [5, 5.41) is 6.42. The normalized spacial score (nSPS) is 28.0. The van der Waals surface area contributed by atoms with Gasteiger partial charge in [-0.3, -0.25) is 4.79 Å². The molecule has 0 unspecified atom stereocenters. The van der Waals surface area contributed by atoms with Gasteiger partial charge in [-0.2, -0.15) is 4.98 Å². The molecule has 23 heavy (non-hydrogen) atoms. The van der Waals surface area contributed by atoms with Gasteiger partial charge in [0, 0.05) is 6.04 Å². The molecule has 8 heteroatoms. The Kier molecular flexibility index (Phi) is 4.44. The van der Waals surface area contributed by atoms with Crippen LogP contribution in [0.4, 0.5) is 0 Å². The number of hydrogen-bond donors (Lipinski definition) is 1. The first-order valence-electron chi connectivity index (χ1n) is 8.11. The number of hydrogen-bond acceptors (Lipinski definition) is 6. The van der Waals surface area contributed by atoms with Gasteiger partial charge in [-0.25, -0.2) is 8.42 Å². The van der Waals surface area contributed by atoms with E-state index in [-0.39, 0.29) is 11.9 Å². The quantitative estimate of drug-likeness (QED) is 0.835. The van der Waals surface area contributed by atoms with E-state index in [9.17, 15) is 13.2 Å². The van der Waals surface area contributed by atoms with E-state index in [4.69, 9.17) is 4.52 Å². The van der Waals surface area contributed by atoms with Crippen LogP contribution in [0.2, 0.25) is 0 Å². The van der Waals surface area contributed by atoms with Crippen LogP contribution in [0, 0.1) is 24.7 Å². The van der Waals surface area contributed by atoms with E-state index in [0.717, 1.165) is 12.3 Å². The lowest BCUT2D eigenvalue weighted by atomic mass is 9.84. The summed E-state index contributed by atoms with van der Waals surface area (Å²) < 4.78 is 28.9. The SMILES string of the molecule is Cc1noc(CS(=O)(=O)CC(=O)N[C@@H](C)[C@H]2C[C@H]3CC[C@H]2C3)n1. The van der Waals surface area contributed by atoms with Gasteiger partial charge in [0.2, 0.25) is 11.8 Å². The Hall–Kier alpha value is -1.44. The Labute approximate surface area is 136 Å². The van der Waals surface area contributed by atoms with Crippen molar-refractivity contribution in [2.45, 2.75) is 51.3 Å². The van der Waals surface area contributed by atoms with Crippen LogP contribution in [-0.4, -0.2) is 36.3 Å². The Bertz CT molecular complexity index is 685. The fraction of sp³-hybridized carbons (Fsp3) is 0.800. The molecule has 0 aromatic carbocycles. The Morgan fingerprint density at radius 2 is 2.17 bits per heavy atom. The van der Waals surface area contributed by atoms with Gasteiger partial charge in [-0.1, -0.05) is 11.6 Å². The second-order valence-electron chi connectivity index (χ2n) is 6.96. The molecule has 1 N–H and O–H groups in total. The lowest BCUT2D eigenvalue weighted by Crippen LogP contribution is -2.42. The number of fused-ring (bicyclic) bond motifs is 2. The molecule has 4 atom stereocenters. The summed E-state index contributed by atoms with van der Waals surface area (Å²) in [5.41, 5.74) is 0. The first-order chi connectivity index (χ1) is 10.8. The third kappa shape index (κ3) is 3.91. The van der Waals surface area contributed by atoms with Crippen LogP contribution in [0.5, 0.6) is 0 Å². The molecule has 1 amide bonds. The third-order valence-corrected chi connectivity index (χ3v) is 6.48. The number of nitrogens with zero attached hydrogens (tertiary/aromatic N) is 2. The number of nitrogens with one attached hydrogen (secondary N) is 1. The van der Waals surface area contributed by atoms with Crippen LogP contribution in [0.1, 0.15) is 44.3 Å². The molecule has 2 bridgehead atoms. The summed E-state index contributed by atoms with van der Waals surface area (Å²) in [6.45, 7) is 3.60. The van der Waals surface area contributed by atoms with Gasteiger partial charge >= 0.3 is 0 Å². The van der Waals surface area contributed by atoms with Gasteiger partial charge in [-0.05, 0) is 50.9 Å². The molecule has 0 spiro atoms. The van der Waals surface area contributed by atoms with Crippen molar-refractivity contribution in [2.24, 2.45) is 17.8 Å². The molecule has 7 nitrogen and oxygen atoms in total. The van der Waals surface area contributed by atoms with E-state index in [1.165, 1.54) is 19.3 Å². The van der Waals surface area contributed by atoms with Gasteiger partial charge in [0.15, 0.2) is 15.7 Å². The molecule has 1 aromatic heterocycles. The summed E-state index contributed by atoms with van der Waals surface area (Å²) in [5.74, 6) is 0.988. The predicted molar refractivity (Wildman–Crippen MR) is 83.1 cm³/mol. The van der Waals surface area contributed by atoms with E-state index < -0.39 is 27.3 Å². The Balaban J connectivity index is 1.52. The van der Waals surface area contributed by atoms with Crippen LogP contribution in [0.15, 0.2) is 4.52 Å². The molecule has 1 heterocycles. The molecule has 0 radical (unpaired) electrons. The smallest absolute Gasteiger partial charge is 0.241 e. The predicted octanol–water partition coefficient (Wildman–Crippen LogP) is 1.23. The van der Waals surface area contributed by atoms with Crippen LogP contribution < -0.4 is 5.32 Å². The monoisotopic (exact) mass is 341 g/mol. The van der Waals surface area contributed by atoms with Crippen molar-refractivity contribution < 1.29 is 17.7 Å². The van der Waals surface area contributed by atoms with Gasteiger partial charge < -0.3 is 9.84 Å². The van der Waals surface area contributed by atoms with Crippen LogP contribution >= 0.6 is 0 Å². The van der Waals surface area contributed by atoms with E-state index in [2.05, 4.69) is 15.5 Å². The molecule has 2 fully saturated rings. The highest BCUT2D eigenvalue weighted by molar-refractivity contribution is 7.91. The topological polar surface area (TPSA) is 102 Å². The highest BCUT2D eigenvalue weighted by Crippen LogP contribution is 2.49. The maximum absolute atomic E-state index is 12.1. The lowest BCUT2D eigenvalue weighted by Gasteiger charge is -2.28. The molecule has 3 rings (SSSR count). The largest absolute Gasteiger partial charge is 0.352 e. The minimum Gasteiger partial charge on any atom is -0.352 e. The zero-order chi connectivity index (χ0) is 16.6. The van der Waals surface area contributed by atoms with Crippen LogP contribution in [0.25, 0.3) is 0 Å². The number of carbonyl (C=O) groups excluding carboxylic acids is 1. The van der Waals surface area contributed by atoms with Gasteiger partial charge in [0.1, 0.15) is 11.5 Å². The number of sulfone groups is 1. The first kappa shape index (κ1) is 16.4. The lowest BCUT2D eigenvalue weighted by molar-refractivity contribution is -0.119. The molecular formula is C15H23N3O4S. The summed E-state index contributed by atoms with van der Waals surface area (Å²) in [7, 11) is -3.61.